The van der Waals surface area contributed by atoms with Gasteiger partial charge in [-0.05, 0) is 48.5 Å². The molecule has 1 aliphatic rings. The minimum Gasteiger partial charge on any atom is -0.497 e. The molecular weight excluding hydrogens is 396 g/mol. The molecule has 8 nitrogen and oxygen atoms in total. The molecule has 0 N–H and O–H groups in total. The Balaban J connectivity index is 2.02. The number of barbiturate groups is 1. The molecule has 0 bridgehead atoms. The van der Waals surface area contributed by atoms with Crippen LogP contribution in [0.3, 0.4) is 0 Å². The third kappa shape index (κ3) is 3.38. The Hall–Kier alpha value is -2.91. The molecule has 1 aliphatic heterocycles. The summed E-state index contributed by atoms with van der Waals surface area (Å²) in [7, 11) is -3.05. The molecule has 0 unspecified atom stereocenters. The number of halogens is 1. The maximum atomic E-state index is 12.8. The van der Waals surface area contributed by atoms with Gasteiger partial charge in [0.15, 0.2) is 0 Å². The molecule has 0 atom stereocenters. The number of hydrogen-bond acceptors (Lipinski definition) is 6. The average molecular weight is 409 g/mol. The minimum atomic E-state index is -4.50. The predicted octanol–water partition coefficient (Wildman–Crippen LogP) is 2.42. The van der Waals surface area contributed by atoms with Gasteiger partial charge in [-0.1, -0.05) is 11.6 Å². The summed E-state index contributed by atoms with van der Waals surface area (Å²) in [5.74, 6) is -1.46. The van der Waals surface area contributed by atoms with Crippen LogP contribution in [-0.4, -0.2) is 37.7 Å². The molecule has 1 fully saturated rings. The Morgan fingerprint density at radius 1 is 0.926 bits per heavy atom. The first-order chi connectivity index (χ1) is 12.8. The monoisotopic (exact) mass is 408 g/mol. The van der Waals surface area contributed by atoms with Gasteiger partial charge in [-0.3, -0.25) is 9.59 Å². The smallest absolute Gasteiger partial charge is 0.352 e. The lowest BCUT2D eigenvalue weighted by Gasteiger charge is -2.31. The highest BCUT2D eigenvalue weighted by atomic mass is 35.5. The Morgan fingerprint density at radius 2 is 1.52 bits per heavy atom. The van der Waals surface area contributed by atoms with E-state index in [9.17, 15) is 22.8 Å². The van der Waals surface area contributed by atoms with Crippen molar-refractivity contribution in [3.8, 4) is 5.75 Å². The number of methoxy groups -OCH3 is 1. The fourth-order valence-corrected chi connectivity index (χ4v) is 3.96. The van der Waals surface area contributed by atoms with Crippen molar-refractivity contribution in [1.82, 2.24) is 4.31 Å². The lowest BCUT2D eigenvalue weighted by molar-refractivity contribution is -0.131. The van der Waals surface area contributed by atoms with Gasteiger partial charge >= 0.3 is 6.03 Å². The Morgan fingerprint density at radius 3 is 2.07 bits per heavy atom. The van der Waals surface area contributed by atoms with Gasteiger partial charge in [0, 0.05) is 5.02 Å². The summed E-state index contributed by atoms with van der Waals surface area (Å²) in [5, 5.41) is 0.292. The molecule has 0 saturated carbocycles. The van der Waals surface area contributed by atoms with E-state index in [0.717, 1.165) is 0 Å². The first-order valence-electron chi connectivity index (χ1n) is 7.60. The highest BCUT2D eigenvalue weighted by molar-refractivity contribution is 7.90. The number of anilines is 1. The van der Waals surface area contributed by atoms with E-state index in [1.165, 1.54) is 55.6 Å². The molecule has 4 amide bonds. The first kappa shape index (κ1) is 18.9. The van der Waals surface area contributed by atoms with Gasteiger partial charge < -0.3 is 4.74 Å². The van der Waals surface area contributed by atoms with Crippen LogP contribution >= 0.6 is 11.6 Å². The fourth-order valence-electron chi connectivity index (χ4n) is 2.52. The summed E-state index contributed by atoms with van der Waals surface area (Å²) in [4.78, 5) is 37.6. The largest absolute Gasteiger partial charge is 0.497 e. The predicted molar refractivity (Wildman–Crippen MR) is 96.0 cm³/mol. The molecule has 1 heterocycles. The summed E-state index contributed by atoms with van der Waals surface area (Å²) >= 11 is 5.75. The molecular formula is C17H13ClN2O6S. The SMILES string of the molecule is COc1ccc(N2C(=O)CC(=O)N(S(=O)(=O)c3ccc(Cl)cc3)C2=O)cc1. The van der Waals surface area contributed by atoms with Crippen LogP contribution in [0.1, 0.15) is 6.42 Å². The van der Waals surface area contributed by atoms with E-state index in [1.54, 1.807) is 0 Å². The van der Waals surface area contributed by atoms with E-state index in [-0.39, 0.29) is 14.9 Å². The van der Waals surface area contributed by atoms with Gasteiger partial charge in [0.25, 0.3) is 15.9 Å². The Bertz CT molecular complexity index is 1020. The number of sulfonamides is 1. The van der Waals surface area contributed by atoms with Crippen molar-refractivity contribution in [1.29, 1.82) is 0 Å². The summed E-state index contributed by atoms with van der Waals surface area (Å²) in [6.45, 7) is 0. The van der Waals surface area contributed by atoms with Crippen molar-refractivity contribution in [2.24, 2.45) is 0 Å². The van der Waals surface area contributed by atoms with E-state index in [1.807, 2.05) is 0 Å². The molecule has 2 aromatic rings. The Labute approximate surface area is 159 Å². The molecule has 10 heteroatoms. The third-order valence-electron chi connectivity index (χ3n) is 3.83. The van der Waals surface area contributed by atoms with Crippen LogP contribution in [0.5, 0.6) is 5.75 Å². The van der Waals surface area contributed by atoms with Gasteiger partial charge in [-0.2, -0.15) is 4.31 Å². The van der Waals surface area contributed by atoms with Crippen molar-refractivity contribution in [3.63, 3.8) is 0 Å². The van der Waals surface area contributed by atoms with Crippen LogP contribution in [0.4, 0.5) is 10.5 Å². The average Bonchev–Trinajstić information content (AvgIpc) is 2.62. The van der Waals surface area contributed by atoms with Crippen LogP contribution in [0.15, 0.2) is 53.4 Å². The van der Waals surface area contributed by atoms with Gasteiger partial charge in [0.1, 0.15) is 12.2 Å². The second-order valence-corrected chi connectivity index (χ2v) is 7.73. The molecule has 0 spiro atoms. The summed E-state index contributed by atoms with van der Waals surface area (Å²) < 4.78 is 30.7. The van der Waals surface area contributed by atoms with Gasteiger partial charge in [-0.15, -0.1) is 0 Å². The number of rotatable bonds is 4. The molecule has 1 saturated heterocycles. The van der Waals surface area contributed by atoms with Crippen LogP contribution in [0.2, 0.25) is 5.02 Å². The van der Waals surface area contributed by atoms with Crippen molar-refractivity contribution >= 4 is 45.2 Å². The molecule has 2 aromatic carbocycles. The normalized spacial score (nSPS) is 15.3. The molecule has 0 aliphatic carbocycles. The van der Waals surface area contributed by atoms with Crippen molar-refractivity contribution in [2.75, 3.05) is 12.0 Å². The maximum absolute atomic E-state index is 12.8. The summed E-state index contributed by atoms with van der Waals surface area (Å²) in [6.07, 6.45) is -0.759. The van der Waals surface area contributed by atoms with Crippen LogP contribution < -0.4 is 9.64 Å². The lowest BCUT2D eigenvalue weighted by atomic mass is 10.2. The van der Waals surface area contributed by atoms with Crippen LogP contribution in [-0.2, 0) is 19.6 Å². The van der Waals surface area contributed by atoms with Crippen molar-refractivity contribution in [2.45, 2.75) is 11.3 Å². The number of urea groups is 1. The summed E-state index contributed by atoms with van der Waals surface area (Å²) in [6, 6.07) is 9.55. The number of hydrogen-bond donors (Lipinski definition) is 0. The van der Waals surface area contributed by atoms with E-state index in [4.69, 9.17) is 16.3 Å². The summed E-state index contributed by atoms with van der Waals surface area (Å²) in [5.41, 5.74) is 0.120. The second kappa shape index (κ2) is 7.01. The third-order valence-corrected chi connectivity index (χ3v) is 5.79. The van der Waals surface area contributed by atoms with Crippen molar-refractivity contribution in [3.05, 3.63) is 53.6 Å². The maximum Gasteiger partial charge on any atom is 0.352 e. The van der Waals surface area contributed by atoms with Gasteiger partial charge in [0.05, 0.1) is 17.7 Å². The second-order valence-electron chi connectivity index (χ2n) is 5.50. The van der Waals surface area contributed by atoms with Crippen LogP contribution in [0, 0.1) is 0 Å². The topological polar surface area (TPSA) is 101 Å². The lowest BCUT2D eigenvalue weighted by Crippen LogP contribution is -2.57. The zero-order valence-corrected chi connectivity index (χ0v) is 15.5. The molecule has 0 radical (unpaired) electrons. The number of carbonyl (C=O) groups excluding carboxylic acids is 3. The van der Waals surface area contributed by atoms with E-state index >= 15 is 0 Å². The van der Waals surface area contributed by atoms with Crippen LogP contribution in [0.25, 0.3) is 0 Å². The number of imide groups is 2. The van der Waals surface area contributed by atoms with Gasteiger partial charge in [-0.25, -0.2) is 18.1 Å². The van der Waals surface area contributed by atoms with E-state index < -0.39 is 34.3 Å². The highest BCUT2D eigenvalue weighted by Gasteiger charge is 2.45. The van der Waals surface area contributed by atoms with Crippen molar-refractivity contribution < 1.29 is 27.5 Å². The standard InChI is InChI=1S/C17H13ClN2O6S/c1-26-13-6-4-12(5-7-13)19-15(21)10-16(22)20(17(19)23)27(24,25)14-8-2-11(18)3-9-14/h2-9H,10H2,1H3. The Kier molecular flexibility index (Phi) is 4.90. The quantitative estimate of drug-likeness (QED) is 0.720. The van der Waals surface area contributed by atoms with E-state index in [0.29, 0.717) is 15.7 Å². The first-order valence-corrected chi connectivity index (χ1v) is 9.42. The highest BCUT2D eigenvalue weighted by Crippen LogP contribution is 2.28. The molecule has 140 valence electrons. The number of carbonyl (C=O) groups is 3. The minimum absolute atomic E-state index is 0.0991. The number of ether oxygens (including phenoxy) is 1. The number of nitrogens with zero attached hydrogens (tertiary/aromatic N) is 2. The van der Waals surface area contributed by atoms with E-state index in [2.05, 4.69) is 0 Å². The molecule has 0 aromatic heterocycles. The fraction of sp³-hybridized carbons (Fsp3) is 0.118. The molecule has 27 heavy (non-hydrogen) atoms. The van der Waals surface area contributed by atoms with Gasteiger partial charge in [0.2, 0.25) is 5.91 Å². The number of amides is 4. The molecule has 3 rings (SSSR count). The number of benzene rings is 2. The zero-order valence-electron chi connectivity index (χ0n) is 14.0. The zero-order chi connectivity index (χ0) is 19.8.